The van der Waals surface area contributed by atoms with Crippen LogP contribution in [0.4, 0.5) is 21.9 Å². The van der Waals surface area contributed by atoms with Crippen molar-refractivity contribution < 1.29 is 24.8 Å². The number of cyclic esters (lactones) is 1. The van der Waals surface area contributed by atoms with E-state index in [1.165, 1.54) is 6.07 Å². The number of hydrogen-bond acceptors (Lipinski definition) is 7. The van der Waals surface area contributed by atoms with E-state index in [0.29, 0.717) is 56.8 Å². The molecule has 2 aliphatic heterocycles. The Morgan fingerprint density at radius 3 is 2.41 bits per heavy atom. The number of fused-ring (bicyclic) bond motifs is 1. The SMILES string of the molecule is CN(C)CCN(Cc1ccccc1)C(=O)c1ccc(N2CCC(N3C(=O)OCc4ccccc43)CC2)c([NH+]([O-])O)c1. The van der Waals surface area contributed by atoms with Gasteiger partial charge in [0.1, 0.15) is 12.3 Å². The number of nitrogens with one attached hydrogen (secondary N) is 1. The maximum Gasteiger partial charge on any atom is 0.414 e. The quantitative estimate of drug-likeness (QED) is 0.387. The predicted molar refractivity (Wildman–Crippen MR) is 156 cm³/mol. The minimum atomic E-state index is -1.08. The summed E-state index contributed by atoms with van der Waals surface area (Å²) in [5.41, 5.74) is 3.91. The summed E-state index contributed by atoms with van der Waals surface area (Å²) in [5.74, 6) is -0.203. The fourth-order valence-corrected chi connectivity index (χ4v) is 5.56. The highest BCUT2D eigenvalue weighted by atomic mass is 16.8. The molecule has 1 saturated heterocycles. The molecule has 1 fully saturated rings. The first kappa shape index (κ1) is 28.6. The van der Waals surface area contributed by atoms with Crippen LogP contribution in [0.15, 0.2) is 72.8 Å². The molecule has 2 heterocycles. The van der Waals surface area contributed by atoms with Crippen molar-refractivity contribution in [3.8, 4) is 0 Å². The molecule has 10 heteroatoms. The van der Waals surface area contributed by atoms with Gasteiger partial charge in [0, 0.05) is 56.0 Å². The Balaban J connectivity index is 1.32. The smallest absolute Gasteiger partial charge is 0.414 e. The van der Waals surface area contributed by atoms with Gasteiger partial charge in [-0.1, -0.05) is 48.5 Å². The summed E-state index contributed by atoms with van der Waals surface area (Å²) >= 11 is 0. The normalized spacial score (nSPS) is 16.4. The molecule has 0 spiro atoms. The number of hydrogen-bond donors (Lipinski definition) is 2. The van der Waals surface area contributed by atoms with Crippen LogP contribution >= 0.6 is 0 Å². The zero-order chi connectivity index (χ0) is 28.9. The van der Waals surface area contributed by atoms with E-state index in [1.54, 1.807) is 21.9 Å². The predicted octanol–water partition coefficient (Wildman–Crippen LogP) is 3.42. The molecule has 3 aromatic rings. The number of piperidine rings is 1. The van der Waals surface area contributed by atoms with Gasteiger partial charge in [-0.05, 0) is 50.7 Å². The molecule has 0 aromatic heterocycles. The number of rotatable bonds is 9. The van der Waals surface area contributed by atoms with Crippen molar-refractivity contribution in [1.82, 2.24) is 9.80 Å². The largest absolute Gasteiger partial charge is 0.595 e. The lowest BCUT2D eigenvalue weighted by Crippen LogP contribution is -2.99. The van der Waals surface area contributed by atoms with Gasteiger partial charge in [0.2, 0.25) is 0 Å². The lowest BCUT2D eigenvalue weighted by atomic mass is 9.99. The van der Waals surface area contributed by atoms with Gasteiger partial charge in [0.15, 0.2) is 5.69 Å². The second kappa shape index (κ2) is 12.7. The van der Waals surface area contributed by atoms with Gasteiger partial charge < -0.3 is 24.6 Å². The number of quaternary nitrogens is 1. The van der Waals surface area contributed by atoms with Gasteiger partial charge in [-0.25, -0.2) is 10.0 Å². The van der Waals surface area contributed by atoms with E-state index in [-0.39, 0.29) is 30.3 Å². The molecule has 1 atom stereocenters. The van der Waals surface area contributed by atoms with E-state index in [1.807, 2.05) is 78.5 Å². The second-order valence-corrected chi connectivity index (χ2v) is 10.8. The van der Waals surface area contributed by atoms with Crippen molar-refractivity contribution in [1.29, 1.82) is 0 Å². The summed E-state index contributed by atoms with van der Waals surface area (Å²) in [6.45, 7) is 3.07. The van der Waals surface area contributed by atoms with Crippen LogP contribution in [0.25, 0.3) is 0 Å². The van der Waals surface area contributed by atoms with Gasteiger partial charge in [0.25, 0.3) is 5.91 Å². The first-order valence-corrected chi connectivity index (χ1v) is 14.0. The maximum atomic E-state index is 13.6. The summed E-state index contributed by atoms with van der Waals surface area (Å²) in [7, 11) is 3.91. The molecule has 41 heavy (non-hydrogen) atoms. The Morgan fingerprint density at radius 2 is 1.71 bits per heavy atom. The molecule has 0 bridgehead atoms. The van der Waals surface area contributed by atoms with E-state index in [2.05, 4.69) is 0 Å². The van der Waals surface area contributed by atoms with Crippen LogP contribution < -0.4 is 15.0 Å². The lowest BCUT2D eigenvalue weighted by molar-refractivity contribution is -0.990. The Hall–Kier alpha value is -3.96. The van der Waals surface area contributed by atoms with E-state index in [4.69, 9.17) is 4.74 Å². The monoisotopic (exact) mass is 559 g/mol. The lowest BCUT2D eigenvalue weighted by Gasteiger charge is -2.41. The number of nitrogens with zero attached hydrogens (tertiary/aromatic N) is 4. The van der Waals surface area contributed by atoms with Gasteiger partial charge in [-0.2, -0.15) is 5.23 Å². The number of likely N-dealkylation sites (N-methyl/N-ethyl adjacent to an activating group) is 1. The van der Waals surface area contributed by atoms with Crippen molar-refractivity contribution in [2.45, 2.75) is 32.0 Å². The first-order valence-electron chi connectivity index (χ1n) is 14.0. The number of ether oxygens (including phenoxy) is 1. The Kier molecular flexibility index (Phi) is 8.84. The van der Waals surface area contributed by atoms with Crippen molar-refractivity contribution in [3.63, 3.8) is 0 Å². The summed E-state index contributed by atoms with van der Waals surface area (Å²) < 4.78 is 5.41. The number of anilines is 2. The topological polar surface area (TPSA) is 104 Å². The average molecular weight is 560 g/mol. The molecule has 5 rings (SSSR count). The molecule has 3 aromatic carbocycles. The molecule has 216 valence electrons. The fourth-order valence-electron chi connectivity index (χ4n) is 5.56. The van der Waals surface area contributed by atoms with Crippen LogP contribution in [0.3, 0.4) is 0 Å². The highest BCUT2D eigenvalue weighted by Gasteiger charge is 2.35. The van der Waals surface area contributed by atoms with E-state index in [9.17, 15) is 20.0 Å². The highest BCUT2D eigenvalue weighted by Crippen LogP contribution is 2.34. The number of benzene rings is 3. The standard InChI is InChI=1S/C31H37N5O5/c1-32(2)18-19-34(21-23-8-4-3-5-9-23)30(37)24-12-13-28(29(20-24)36(39)40)33-16-14-26(15-17-33)35-27-11-7-6-10-25(27)22-41-31(35)38/h3-13,20,26,36,39H,14-19,21-22H2,1-2H3. The summed E-state index contributed by atoms with van der Waals surface area (Å²) in [4.78, 5) is 33.9. The van der Waals surface area contributed by atoms with Crippen LogP contribution in [0, 0.1) is 5.21 Å². The molecule has 1 unspecified atom stereocenters. The average Bonchev–Trinajstić information content (AvgIpc) is 2.99. The molecule has 0 aliphatic carbocycles. The summed E-state index contributed by atoms with van der Waals surface area (Å²) in [5, 5.41) is 21.4. The van der Waals surface area contributed by atoms with Crippen LogP contribution in [0.5, 0.6) is 0 Å². The van der Waals surface area contributed by atoms with Crippen molar-refractivity contribution in [2.75, 3.05) is 50.1 Å². The molecule has 0 radical (unpaired) electrons. The molecule has 2 amide bonds. The maximum absolute atomic E-state index is 13.6. The first-order chi connectivity index (χ1) is 19.8. The highest BCUT2D eigenvalue weighted by molar-refractivity contribution is 5.96. The Bertz CT molecular complexity index is 1360. The van der Waals surface area contributed by atoms with Crippen LogP contribution in [0.1, 0.15) is 34.3 Å². The molecule has 2 aliphatic rings. The molecular formula is C31H37N5O5. The van der Waals surface area contributed by atoms with E-state index < -0.39 is 5.23 Å². The summed E-state index contributed by atoms with van der Waals surface area (Å²) in [6, 6.07) is 22.5. The number of carbonyl (C=O) groups excluding carboxylic acids is 2. The van der Waals surface area contributed by atoms with Crippen molar-refractivity contribution >= 4 is 29.1 Å². The molecule has 10 nitrogen and oxygen atoms in total. The molecule has 2 N–H and O–H groups in total. The van der Waals surface area contributed by atoms with Gasteiger partial charge in [-0.3, -0.25) is 9.69 Å². The zero-order valence-corrected chi connectivity index (χ0v) is 23.5. The number of para-hydroxylation sites is 1. The number of amides is 2. The van der Waals surface area contributed by atoms with Crippen molar-refractivity contribution in [3.05, 3.63) is 94.7 Å². The third-order valence-electron chi connectivity index (χ3n) is 7.76. The van der Waals surface area contributed by atoms with Crippen molar-refractivity contribution in [2.24, 2.45) is 0 Å². The van der Waals surface area contributed by atoms with Gasteiger partial charge in [-0.15, -0.1) is 0 Å². The van der Waals surface area contributed by atoms with Crippen LogP contribution in [0.2, 0.25) is 0 Å². The fraction of sp³-hybridized carbons (Fsp3) is 0.355. The number of carbonyl (C=O) groups is 2. The molecular weight excluding hydrogens is 522 g/mol. The van der Waals surface area contributed by atoms with E-state index in [0.717, 1.165) is 16.8 Å². The Labute approximate surface area is 240 Å². The van der Waals surface area contributed by atoms with Gasteiger partial charge in [0.05, 0.1) is 5.69 Å². The third kappa shape index (κ3) is 6.52. The zero-order valence-electron chi connectivity index (χ0n) is 23.5. The minimum Gasteiger partial charge on any atom is -0.595 e. The van der Waals surface area contributed by atoms with Crippen LogP contribution in [-0.4, -0.2) is 73.3 Å². The minimum absolute atomic E-state index is 0.0439. The van der Waals surface area contributed by atoms with Crippen LogP contribution in [-0.2, 0) is 17.9 Å². The Morgan fingerprint density at radius 1 is 1.00 bits per heavy atom. The summed E-state index contributed by atoms with van der Waals surface area (Å²) in [6.07, 6.45) is 0.988. The third-order valence-corrected chi connectivity index (χ3v) is 7.76. The van der Waals surface area contributed by atoms with E-state index >= 15 is 0 Å². The molecule has 0 saturated carbocycles. The second-order valence-electron chi connectivity index (χ2n) is 10.8. The van der Waals surface area contributed by atoms with Gasteiger partial charge >= 0.3 is 6.09 Å².